The molecule has 0 saturated heterocycles. The first-order valence-electron chi connectivity index (χ1n) is 10.1. The third-order valence-electron chi connectivity index (χ3n) is 5.36. The molecule has 33 heavy (non-hydrogen) atoms. The summed E-state index contributed by atoms with van der Waals surface area (Å²) in [5, 5.41) is 13.4. The van der Waals surface area contributed by atoms with Gasteiger partial charge in [-0.25, -0.2) is 0 Å². The number of hydrogen-bond donors (Lipinski definition) is 2. The monoisotopic (exact) mass is 459 g/mol. The van der Waals surface area contributed by atoms with Crippen LogP contribution in [0.3, 0.4) is 0 Å². The molecule has 1 aliphatic rings. The molecule has 0 fully saturated rings. The number of nitrogens with one attached hydrogen (secondary N) is 2. The zero-order valence-corrected chi connectivity index (χ0v) is 17.6. The molecule has 1 atom stereocenters. The minimum atomic E-state index is -4.86. The number of esters is 1. The van der Waals surface area contributed by atoms with Gasteiger partial charge in [0.05, 0.1) is 31.2 Å². The molecule has 3 aromatic rings. The summed E-state index contributed by atoms with van der Waals surface area (Å²) in [6, 6.07) is 10.7. The Hall–Kier alpha value is -3.71. The third kappa shape index (κ3) is 5.21. The number of ether oxygens (including phenoxy) is 3. The molecule has 0 bridgehead atoms. The Kier molecular flexibility index (Phi) is 6.16. The largest absolute Gasteiger partial charge is 0.573 e. The lowest BCUT2D eigenvalue weighted by molar-refractivity contribution is -0.274. The normalized spacial score (nSPS) is 15.5. The van der Waals surface area contributed by atoms with Crippen molar-refractivity contribution in [1.29, 1.82) is 5.26 Å². The van der Waals surface area contributed by atoms with E-state index in [0.29, 0.717) is 17.9 Å². The van der Waals surface area contributed by atoms with Crippen LogP contribution in [-0.4, -0.2) is 31.0 Å². The lowest BCUT2D eigenvalue weighted by atomic mass is 9.97. The summed E-state index contributed by atoms with van der Waals surface area (Å²) in [6.45, 7) is 0.657. The summed E-state index contributed by atoms with van der Waals surface area (Å²) >= 11 is 0. The molecule has 2 N–H and O–H groups in total. The van der Waals surface area contributed by atoms with Crippen LogP contribution in [0.25, 0.3) is 10.9 Å². The molecule has 2 heterocycles. The molecule has 1 unspecified atom stereocenters. The van der Waals surface area contributed by atoms with Gasteiger partial charge >= 0.3 is 12.3 Å². The molecular formula is C23H20F3N3O4. The predicted molar refractivity (Wildman–Crippen MR) is 112 cm³/mol. The third-order valence-corrected chi connectivity index (χ3v) is 5.36. The lowest BCUT2D eigenvalue weighted by Crippen LogP contribution is -2.31. The number of carbonyl (C=O) groups is 1. The number of alkyl halides is 3. The van der Waals surface area contributed by atoms with Crippen molar-refractivity contribution < 1.29 is 32.2 Å². The van der Waals surface area contributed by atoms with Gasteiger partial charge in [-0.3, -0.25) is 4.79 Å². The van der Waals surface area contributed by atoms with E-state index >= 15 is 0 Å². The van der Waals surface area contributed by atoms with Crippen LogP contribution in [0, 0.1) is 11.3 Å². The molecule has 0 saturated carbocycles. The molecule has 0 amide bonds. The zero-order valence-electron chi connectivity index (χ0n) is 17.6. The number of rotatable bonds is 6. The summed E-state index contributed by atoms with van der Waals surface area (Å²) in [4.78, 5) is 15.1. The summed E-state index contributed by atoms with van der Waals surface area (Å²) in [6.07, 6.45) is -3.89. The van der Waals surface area contributed by atoms with Gasteiger partial charge in [0.1, 0.15) is 18.1 Å². The minimum absolute atomic E-state index is 0.0367. The van der Waals surface area contributed by atoms with E-state index in [0.717, 1.165) is 34.6 Å². The highest BCUT2D eigenvalue weighted by Gasteiger charge is 2.31. The highest BCUT2D eigenvalue weighted by atomic mass is 19.4. The van der Waals surface area contributed by atoms with Crippen LogP contribution in [0.2, 0.25) is 0 Å². The van der Waals surface area contributed by atoms with Gasteiger partial charge in [-0.1, -0.05) is 0 Å². The van der Waals surface area contributed by atoms with Crippen LogP contribution >= 0.6 is 0 Å². The number of carbonyl (C=O) groups excluding carboxylic acids is 1. The van der Waals surface area contributed by atoms with Crippen LogP contribution in [0.5, 0.6) is 11.5 Å². The van der Waals surface area contributed by atoms with Crippen molar-refractivity contribution in [3.05, 3.63) is 58.8 Å². The number of fused-ring (bicyclic) bond motifs is 3. The molecule has 0 radical (unpaired) electrons. The fourth-order valence-electron chi connectivity index (χ4n) is 3.97. The smallest absolute Gasteiger partial charge is 0.489 e. The standard InChI is InChI=1S/C23H20F3N3O4/c1-31-21(30)10-20-22-17(4-5-28-20)18-9-15(2-3-19(18)29-22)32-12-14-6-13(11-27)7-16(8-14)33-23(24,25)26/h2-3,6-9,20,28-29H,4-5,10,12H2,1H3. The molecule has 172 valence electrons. The highest BCUT2D eigenvalue weighted by Crippen LogP contribution is 2.34. The van der Waals surface area contributed by atoms with E-state index in [1.807, 2.05) is 18.2 Å². The first kappa shape index (κ1) is 22.5. The molecule has 1 aliphatic heterocycles. The van der Waals surface area contributed by atoms with Crippen LogP contribution in [0.15, 0.2) is 36.4 Å². The van der Waals surface area contributed by atoms with E-state index in [1.165, 1.54) is 19.2 Å². The minimum Gasteiger partial charge on any atom is -0.489 e. The molecular weight excluding hydrogens is 439 g/mol. The maximum atomic E-state index is 12.6. The fraction of sp³-hybridized carbons (Fsp3) is 0.304. The van der Waals surface area contributed by atoms with E-state index in [2.05, 4.69) is 15.0 Å². The van der Waals surface area contributed by atoms with Crippen LogP contribution < -0.4 is 14.8 Å². The van der Waals surface area contributed by atoms with E-state index < -0.39 is 12.1 Å². The van der Waals surface area contributed by atoms with Gasteiger partial charge in [0.25, 0.3) is 0 Å². The van der Waals surface area contributed by atoms with Crippen LogP contribution in [-0.2, 0) is 22.6 Å². The van der Waals surface area contributed by atoms with Crippen LogP contribution in [0.1, 0.15) is 34.8 Å². The fourth-order valence-corrected chi connectivity index (χ4v) is 3.97. The number of aromatic nitrogens is 1. The van der Waals surface area contributed by atoms with Crippen molar-refractivity contribution in [1.82, 2.24) is 10.3 Å². The van der Waals surface area contributed by atoms with Crippen LogP contribution in [0.4, 0.5) is 13.2 Å². The molecule has 0 spiro atoms. The van der Waals surface area contributed by atoms with E-state index in [4.69, 9.17) is 14.7 Å². The second-order valence-electron chi connectivity index (χ2n) is 7.58. The molecule has 4 rings (SSSR count). The van der Waals surface area contributed by atoms with Crippen molar-refractivity contribution in [2.24, 2.45) is 0 Å². The second kappa shape index (κ2) is 9.03. The Labute approximate surface area is 187 Å². The maximum absolute atomic E-state index is 12.6. The molecule has 0 aliphatic carbocycles. The molecule has 1 aromatic heterocycles. The van der Waals surface area contributed by atoms with Gasteiger partial charge in [-0.05, 0) is 60.5 Å². The summed E-state index contributed by atoms with van der Waals surface area (Å²) in [5.41, 5.74) is 3.30. The molecule has 10 heteroatoms. The Morgan fingerprint density at radius 2 is 2.03 bits per heavy atom. The first-order valence-corrected chi connectivity index (χ1v) is 10.1. The van der Waals surface area contributed by atoms with Crippen molar-refractivity contribution in [3.63, 3.8) is 0 Å². The lowest BCUT2D eigenvalue weighted by Gasteiger charge is -2.23. The van der Waals surface area contributed by atoms with Gasteiger partial charge in [-0.15, -0.1) is 13.2 Å². The quantitative estimate of drug-likeness (QED) is 0.535. The number of halogens is 3. The summed E-state index contributed by atoms with van der Waals surface area (Å²) < 4.78 is 52.2. The van der Waals surface area contributed by atoms with Crippen molar-refractivity contribution in [2.45, 2.75) is 31.9 Å². The number of hydrogen-bond acceptors (Lipinski definition) is 6. The van der Waals surface area contributed by atoms with Gasteiger partial charge in [0, 0.05) is 16.6 Å². The van der Waals surface area contributed by atoms with Gasteiger partial charge in [0.2, 0.25) is 0 Å². The number of H-pyrrole nitrogens is 1. The Morgan fingerprint density at radius 1 is 1.21 bits per heavy atom. The first-order chi connectivity index (χ1) is 15.8. The SMILES string of the molecule is COC(=O)CC1NCCc2c1[nH]c1ccc(OCc3cc(C#N)cc(OC(F)(F)F)c3)cc21. The Bertz CT molecular complexity index is 1230. The summed E-state index contributed by atoms with van der Waals surface area (Å²) in [7, 11) is 1.35. The van der Waals surface area contributed by atoms with Gasteiger partial charge in [-0.2, -0.15) is 5.26 Å². The summed E-state index contributed by atoms with van der Waals surface area (Å²) in [5.74, 6) is -0.260. The average Bonchev–Trinajstić information content (AvgIpc) is 3.15. The number of nitriles is 1. The average molecular weight is 459 g/mol. The number of benzene rings is 2. The molecule has 2 aromatic carbocycles. The van der Waals surface area contributed by atoms with Gasteiger partial charge in [0.15, 0.2) is 0 Å². The Morgan fingerprint density at radius 3 is 2.76 bits per heavy atom. The number of methoxy groups -OCH3 is 1. The Balaban J connectivity index is 1.55. The maximum Gasteiger partial charge on any atom is 0.573 e. The topological polar surface area (TPSA) is 96.4 Å². The number of nitrogens with zero attached hydrogens (tertiary/aromatic N) is 1. The van der Waals surface area contributed by atoms with Crippen molar-refractivity contribution in [3.8, 4) is 17.6 Å². The molecule has 7 nitrogen and oxygen atoms in total. The second-order valence-corrected chi connectivity index (χ2v) is 7.58. The van der Waals surface area contributed by atoms with Crippen molar-refractivity contribution in [2.75, 3.05) is 13.7 Å². The van der Waals surface area contributed by atoms with Gasteiger partial charge < -0.3 is 24.5 Å². The van der Waals surface area contributed by atoms with E-state index in [9.17, 15) is 18.0 Å². The van der Waals surface area contributed by atoms with E-state index in [1.54, 1.807) is 6.07 Å². The van der Waals surface area contributed by atoms with E-state index in [-0.39, 0.29) is 30.6 Å². The zero-order chi connectivity index (χ0) is 23.6. The van der Waals surface area contributed by atoms with Crippen molar-refractivity contribution >= 4 is 16.9 Å². The highest BCUT2D eigenvalue weighted by molar-refractivity contribution is 5.87. The number of aromatic amines is 1. The predicted octanol–water partition coefficient (Wildman–Crippen LogP) is 4.27.